The highest BCUT2D eigenvalue weighted by molar-refractivity contribution is 6.35. The van der Waals surface area contributed by atoms with Crippen LogP contribution in [0.5, 0.6) is 0 Å². The third kappa shape index (κ3) is 3.87. The monoisotopic (exact) mass is 459 g/mol. The van der Waals surface area contributed by atoms with Crippen LogP contribution in [0, 0.1) is 0 Å². The lowest BCUT2D eigenvalue weighted by Gasteiger charge is -2.23. The summed E-state index contributed by atoms with van der Waals surface area (Å²) in [4.78, 5) is 33.3. The van der Waals surface area contributed by atoms with Crippen molar-refractivity contribution in [2.75, 3.05) is 16.8 Å². The predicted molar refractivity (Wildman–Crippen MR) is 122 cm³/mol. The second-order valence-electron chi connectivity index (χ2n) is 6.80. The van der Waals surface area contributed by atoms with Crippen LogP contribution in [0.2, 0.25) is 10.0 Å². The second-order valence-corrected chi connectivity index (χ2v) is 7.58. The van der Waals surface area contributed by atoms with E-state index in [4.69, 9.17) is 39.7 Å². The van der Waals surface area contributed by atoms with Crippen molar-refractivity contribution in [1.29, 1.82) is 0 Å². The van der Waals surface area contributed by atoms with Crippen LogP contribution in [0.3, 0.4) is 0 Å². The van der Waals surface area contributed by atoms with Gasteiger partial charge in [-0.3, -0.25) is 4.79 Å². The number of halogens is 2. The largest absolute Gasteiger partial charge is 0.382 e. The number of nitrogens with two attached hydrogens (primary N) is 2. The lowest BCUT2D eigenvalue weighted by molar-refractivity contribution is 0.613. The van der Waals surface area contributed by atoms with Gasteiger partial charge in [0, 0.05) is 0 Å². The van der Waals surface area contributed by atoms with Gasteiger partial charge in [-0.15, -0.1) is 0 Å². The standard InChI is InChI=1S/C19H19Cl2N9O/c1-2-4-11(26-16-14(21)15(22)28-19(23)29-16)17-27-10-6-3-5-9(20)13(10)18(31)30(17)12-7-24-8-25-12/h3,5-8,11H,2,4H2,1H3,(H,24,25)(H5,22,23,26,28,29). The number of H-pyrrole nitrogens is 1. The molecule has 0 amide bonds. The molecule has 12 heteroatoms. The molecule has 4 rings (SSSR count). The van der Waals surface area contributed by atoms with Crippen LogP contribution in [-0.2, 0) is 0 Å². The van der Waals surface area contributed by atoms with Crippen molar-refractivity contribution in [2.45, 2.75) is 25.8 Å². The van der Waals surface area contributed by atoms with Crippen LogP contribution >= 0.6 is 23.2 Å². The van der Waals surface area contributed by atoms with Crippen molar-refractivity contribution in [1.82, 2.24) is 29.5 Å². The minimum atomic E-state index is -0.462. The molecule has 31 heavy (non-hydrogen) atoms. The van der Waals surface area contributed by atoms with E-state index >= 15 is 0 Å². The molecule has 0 saturated carbocycles. The number of hydrogen-bond donors (Lipinski definition) is 4. The van der Waals surface area contributed by atoms with Gasteiger partial charge >= 0.3 is 0 Å². The van der Waals surface area contributed by atoms with Gasteiger partial charge < -0.3 is 21.8 Å². The molecule has 1 unspecified atom stereocenters. The first kappa shape index (κ1) is 20.9. The molecule has 0 saturated heterocycles. The van der Waals surface area contributed by atoms with E-state index in [-0.39, 0.29) is 28.2 Å². The van der Waals surface area contributed by atoms with Gasteiger partial charge in [0.15, 0.2) is 5.82 Å². The number of rotatable bonds is 6. The number of imidazole rings is 1. The Bertz CT molecular complexity index is 1300. The average Bonchev–Trinajstić information content (AvgIpc) is 3.25. The summed E-state index contributed by atoms with van der Waals surface area (Å²) in [5.74, 6) is 1.16. The Morgan fingerprint density at radius 1 is 1.23 bits per heavy atom. The normalized spacial score (nSPS) is 12.2. The molecule has 0 aliphatic carbocycles. The maximum atomic E-state index is 13.5. The number of benzene rings is 1. The molecule has 1 aromatic carbocycles. The summed E-state index contributed by atoms with van der Waals surface area (Å²) in [6, 6.07) is 4.67. The number of aromatic amines is 1. The Morgan fingerprint density at radius 3 is 2.74 bits per heavy atom. The summed E-state index contributed by atoms with van der Waals surface area (Å²) in [5, 5.41) is 3.98. The van der Waals surface area contributed by atoms with Crippen LogP contribution in [0.4, 0.5) is 17.6 Å². The molecule has 0 fully saturated rings. The molecular formula is C19H19Cl2N9O. The van der Waals surface area contributed by atoms with Gasteiger partial charge in [0.2, 0.25) is 5.95 Å². The van der Waals surface area contributed by atoms with Gasteiger partial charge in [0.25, 0.3) is 5.56 Å². The van der Waals surface area contributed by atoms with Crippen LogP contribution in [0.25, 0.3) is 16.7 Å². The molecular weight excluding hydrogens is 441 g/mol. The van der Waals surface area contributed by atoms with Crippen molar-refractivity contribution in [3.8, 4) is 5.82 Å². The summed E-state index contributed by atoms with van der Waals surface area (Å²) >= 11 is 12.6. The lowest BCUT2D eigenvalue weighted by Crippen LogP contribution is -2.29. The Kier molecular flexibility index (Phi) is 5.66. The van der Waals surface area contributed by atoms with E-state index in [9.17, 15) is 4.79 Å². The summed E-state index contributed by atoms with van der Waals surface area (Å²) in [5.41, 5.74) is 11.7. The third-order valence-corrected chi connectivity index (χ3v) is 5.38. The minimum Gasteiger partial charge on any atom is -0.382 e. The first-order valence-electron chi connectivity index (χ1n) is 9.45. The van der Waals surface area contributed by atoms with E-state index in [1.807, 2.05) is 6.92 Å². The van der Waals surface area contributed by atoms with E-state index in [0.717, 1.165) is 6.42 Å². The smallest absolute Gasteiger partial charge is 0.268 e. The molecule has 10 nitrogen and oxygen atoms in total. The Hall–Kier alpha value is -3.37. The molecule has 4 aromatic rings. The Morgan fingerprint density at radius 2 is 2.03 bits per heavy atom. The molecule has 0 aliphatic rings. The van der Waals surface area contributed by atoms with Gasteiger partial charge in [-0.1, -0.05) is 42.6 Å². The van der Waals surface area contributed by atoms with Crippen molar-refractivity contribution in [2.24, 2.45) is 0 Å². The molecule has 0 spiro atoms. The quantitative estimate of drug-likeness (QED) is 0.342. The average molecular weight is 460 g/mol. The van der Waals surface area contributed by atoms with Crippen LogP contribution in [0.1, 0.15) is 31.6 Å². The minimum absolute atomic E-state index is 0.0242. The summed E-state index contributed by atoms with van der Waals surface area (Å²) in [7, 11) is 0. The van der Waals surface area contributed by atoms with Crippen LogP contribution < -0.4 is 22.3 Å². The maximum Gasteiger partial charge on any atom is 0.268 e. The van der Waals surface area contributed by atoms with E-state index in [1.165, 1.54) is 17.1 Å². The number of nitrogens with zero attached hydrogens (tertiary/aromatic N) is 5. The zero-order valence-electron chi connectivity index (χ0n) is 16.4. The fourth-order valence-corrected chi connectivity index (χ4v) is 3.73. The molecule has 0 aliphatic heterocycles. The summed E-state index contributed by atoms with van der Waals surface area (Å²) in [6.07, 6.45) is 4.39. The molecule has 0 radical (unpaired) electrons. The molecule has 0 bridgehead atoms. The van der Waals surface area contributed by atoms with Crippen molar-refractivity contribution >= 4 is 51.7 Å². The number of hydrogen-bond acceptors (Lipinski definition) is 8. The summed E-state index contributed by atoms with van der Waals surface area (Å²) < 4.78 is 1.44. The van der Waals surface area contributed by atoms with Gasteiger partial charge in [0.05, 0.1) is 34.5 Å². The van der Waals surface area contributed by atoms with E-state index in [1.54, 1.807) is 18.2 Å². The highest BCUT2D eigenvalue weighted by Crippen LogP contribution is 2.31. The fraction of sp³-hybridized carbons (Fsp3) is 0.211. The van der Waals surface area contributed by atoms with Gasteiger partial charge in [-0.2, -0.15) is 9.97 Å². The van der Waals surface area contributed by atoms with Crippen LogP contribution in [-0.4, -0.2) is 29.5 Å². The third-order valence-electron chi connectivity index (χ3n) is 4.69. The first-order valence-corrected chi connectivity index (χ1v) is 10.2. The zero-order chi connectivity index (χ0) is 22.1. The zero-order valence-corrected chi connectivity index (χ0v) is 17.9. The van der Waals surface area contributed by atoms with Crippen molar-refractivity contribution in [3.05, 3.63) is 56.9 Å². The Labute approximate surface area is 186 Å². The number of aromatic nitrogens is 6. The lowest BCUT2D eigenvalue weighted by atomic mass is 10.1. The first-order chi connectivity index (χ1) is 14.9. The number of anilines is 3. The topological polar surface area (TPSA) is 153 Å². The molecule has 160 valence electrons. The number of nitrogens with one attached hydrogen (secondary N) is 2. The van der Waals surface area contributed by atoms with E-state index in [2.05, 4.69) is 25.3 Å². The maximum absolute atomic E-state index is 13.5. The van der Waals surface area contributed by atoms with Crippen molar-refractivity contribution < 1.29 is 0 Å². The van der Waals surface area contributed by atoms with Crippen molar-refractivity contribution in [3.63, 3.8) is 0 Å². The van der Waals surface area contributed by atoms with E-state index < -0.39 is 6.04 Å². The summed E-state index contributed by atoms with van der Waals surface area (Å²) in [6.45, 7) is 2.01. The van der Waals surface area contributed by atoms with Gasteiger partial charge in [0.1, 0.15) is 22.5 Å². The molecule has 3 aromatic heterocycles. The molecule has 3 heterocycles. The molecule has 1 atom stereocenters. The second kappa shape index (κ2) is 8.40. The molecule has 6 N–H and O–H groups in total. The number of nitrogen functional groups attached to an aromatic ring is 2. The highest BCUT2D eigenvalue weighted by Gasteiger charge is 2.24. The van der Waals surface area contributed by atoms with Crippen LogP contribution in [0.15, 0.2) is 35.5 Å². The van der Waals surface area contributed by atoms with Gasteiger partial charge in [-0.05, 0) is 18.6 Å². The predicted octanol–water partition coefficient (Wildman–Crippen LogP) is 3.32. The number of fused-ring (bicyclic) bond motifs is 1. The highest BCUT2D eigenvalue weighted by atomic mass is 35.5. The Balaban J connectivity index is 1.95. The fourth-order valence-electron chi connectivity index (χ4n) is 3.34. The van der Waals surface area contributed by atoms with E-state index in [0.29, 0.717) is 34.0 Å². The SMILES string of the molecule is CCCC(Nc1nc(N)nc(N)c1Cl)c1nc2cccc(Cl)c2c(=O)n1-c1cnc[nH]1. The van der Waals surface area contributed by atoms with Gasteiger partial charge in [-0.25, -0.2) is 14.5 Å².